The standard InChI is InChI=1S/C13H20N6O3S/c1-18-7-9(12(17-18)22-4)11-15-16-13(19(11)2)23-8-10(20)14-5-6-21-3/h7H,5-6,8H2,1-4H3,(H,14,20). The third-order valence-corrected chi connectivity index (χ3v) is 4.05. The molecule has 0 saturated heterocycles. The molecule has 0 aliphatic rings. The van der Waals surface area contributed by atoms with E-state index in [2.05, 4.69) is 20.6 Å². The zero-order valence-corrected chi connectivity index (χ0v) is 14.4. The van der Waals surface area contributed by atoms with Crippen LogP contribution in [0.2, 0.25) is 0 Å². The van der Waals surface area contributed by atoms with Gasteiger partial charge in [-0.2, -0.15) is 0 Å². The van der Waals surface area contributed by atoms with Gasteiger partial charge in [0.25, 0.3) is 0 Å². The van der Waals surface area contributed by atoms with Gasteiger partial charge in [-0.05, 0) is 0 Å². The Morgan fingerprint density at radius 1 is 1.35 bits per heavy atom. The van der Waals surface area contributed by atoms with Crippen molar-refractivity contribution in [1.29, 1.82) is 0 Å². The summed E-state index contributed by atoms with van der Waals surface area (Å²) in [4.78, 5) is 11.7. The highest BCUT2D eigenvalue weighted by Gasteiger charge is 2.18. The molecule has 0 bridgehead atoms. The molecule has 126 valence electrons. The Balaban J connectivity index is 2.03. The molecule has 0 aliphatic heterocycles. The maximum Gasteiger partial charge on any atom is 0.243 e. The van der Waals surface area contributed by atoms with E-state index in [1.807, 2.05) is 24.9 Å². The molecule has 1 amide bonds. The summed E-state index contributed by atoms with van der Waals surface area (Å²) >= 11 is 1.32. The molecule has 2 aromatic rings. The zero-order chi connectivity index (χ0) is 16.8. The van der Waals surface area contributed by atoms with E-state index in [1.165, 1.54) is 11.8 Å². The van der Waals surface area contributed by atoms with Crippen LogP contribution in [0, 0.1) is 0 Å². The van der Waals surface area contributed by atoms with E-state index < -0.39 is 0 Å². The number of carbonyl (C=O) groups is 1. The van der Waals surface area contributed by atoms with E-state index in [1.54, 1.807) is 18.9 Å². The molecule has 0 atom stereocenters. The molecule has 0 aliphatic carbocycles. The van der Waals surface area contributed by atoms with Crippen molar-refractivity contribution in [2.75, 3.05) is 33.1 Å². The summed E-state index contributed by atoms with van der Waals surface area (Å²) in [6.07, 6.45) is 1.81. The highest BCUT2D eigenvalue weighted by Crippen LogP contribution is 2.28. The highest BCUT2D eigenvalue weighted by molar-refractivity contribution is 7.99. The zero-order valence-electron chi connectivity index (χ0n) is 13.6. The van der Waals surface area contributed by atoms with Crippen LogP contribution in [-0.4, -0.2) is 63.6 Å². The number of nitrogens with one attached hydrogen (secondary N) is 1. The molecular formula is C13H20N6O3S. The van der Waals surface area contributed by atoms with Crippen LogP contribution in [0.5, 0.6) is 5.88 Å². The number of carbonyl (C=O) groups excluding carboxylic acids is 1. The van der Waals surface area contributed by atoms with Crippen LogP contribution in [0.25, 0.3) is 11.4 Å². The third-order valence-electron chi connectivity index (χ3n) is 3.02. The molecule has 0 spiro atoms. The van der Waals surface area contributed by atoms with Crippen LogP contribution in [-0.2, 0) is 23.6 Å². The van der Waals surface area contributed by atoms with Crippen molar-refractivity contribution in [2.45, 2.75) is 5.16 Å². The Morgan fingerprint density at radius 2 is 2.13 bits per heavy atom. The van der Waals surface area contributed by atoms with Gasteiger partial charge in [-0.1, -0.05) is 11.8 Å². The Bertz CT molecular complexity index is 669. The molecular weight excluding hydrogens is 320 g/mol. The topological polar surface area (TPSA) is 96.1 Å². The van der Waals surface area contributed by atoms with Crippen LogP contribution in [0.4, 0.5) is 0 Å². The Kier molecular flexibility index (Phi) is 5.99. The molecule has 23 heavy (non-hydrogen) atoms. The first-order valence-corrected chi connectivity index (χ1v) is 7.91. The first-order valence-electron chi connectivity index (χ1n) is 6.92. The van der Waals surface area contributed by atoms with Gasteiger partial charge in [-0.3, -0.25) is 9.48 Å². The van der Waals surface area contributed by atoms with E-state index in [-0.39, 0.29) is 11.7 Å². The molecule has 10 heteroatoms. The predicted molar refractivity (Wildman–Crippen MR) is 85.4 cm³/mol. The predicted octanol–water partition coefficient (Wildman–Crippen LogP) is 0.0789. The Labute approximate surface area is 138 Å². The maximum atomic E-state index is 11.7. The number of hydrogen-bond acceptors (Lipinski definition) is 7. The Hall–Kier alpha value is -2.07. The smallest absolute Gasteiger partial charge is 0.243 e. The average Bonchev–Trinajstić information content (AvgIpc) is 3.08. The fourth-order valence-electron chi connectivity index (χ4n) is 1.92. The number of rotatable bonds is 8. The van der Waals surface area contributed by atoms with Crippen LogP contribution in [0.1, 0.15) is 0 Å². The van der Waals surface area contributed by atoms with E-state index in [0.717, 1.165) is 5.56 Å². The number of ether oxygens (including phenoxy) is 2. The Morgan fingerprint density at radius 3 is 2.83 bits per heavy atom. The van der Waals surface area contributed by atoms with Crippen molar-refractivity contribution in [1.82, 2.24) is 29.9 Å². The van der Waals surface area contributed by atoms with Crippen molar-refractivity contribution in [2.24, 2.45) is 14.1 Å². The molecule has 0 fully saturated rings. The summed E-state index contributed by atoms with van der Waals surface area (Å²) in [6.45, 7) is 0.984. The van der Waals surface area contributed by atoms with Crippen molar-refractivity contribution in [3.63, 3.8) is 0 Å². The lowest BCUT2D eigenvalue weighted by atomic mass is 10.3. The molecule has 0 aromatic carbocycles. The summed E-state index contributed by atoms with van der Waals surface area (Å²) in [7, 11) is 6.80. The lowest BCUT2D eigenvalue weighted by molar-refractivity contribution is -0.118. The van der Waals surface area contributed by atoms with Crippen LogP contribution < -0.4 is 10.1 Å². The second-order valence-electron chi connectivity index (χ2n) is 4.72. The lowest BCUT2D eigenvalue weighted by Crippen LogP contribution is -2.28. The maximum absolute atomic E-state index is 11.7. The molecule has 2 heterocycles. The molecule has 0 radical (unpaired) electrons. The van der Waals surface area contributed by atoms with E-state index in [4.69, 9.17) is 9.47 Å². The fraction of sp³-hybridized carbons (Fsp3) is 0.538. The number of hydrogen-bond donors (Lipinski definition) is 1. The first-order chi connectivity index (χ1) is 11.1. The number of aromatic nitrogens is 5. The van der Waals surface area contributed by atoms with Crippen molar-refractivity contribution >= 4 is 17.7 Å². The first kappa shape index (κ1) is 17.3. The van der Waals surface area contributed by atoms with Gasteiger partial charge >= 0.3 is 0 Å². The summed E-state index contributed by atoms with van der Waals surface area (Å²) < 4.78 is 13.6. The normalized spacial score (nSPS) is 10.8. The number of nitrogens with zero attached hydrogens (tertiary/aromatic N) is 5. The van der Waals surface area contributed by atoms with Gasteiger partial charge in [0.1, 0.15) is 5.56 Å². The summed E-state index contributed by atoms with van der Waals surface area (Å²) in [5, 5.41) is 15.9. The number of thioether (sulfide) groups is 1. The molecule has 0 saturated carbocycles. The summed E-state index contributed by atoms with van der Waals surface area (Å²) in [5.41, 5.74) is 0.751. The number of aryl methyl sites for hydroxylation is 1. The number of methoxy groups -OCH3 is 2. The molecule has 2 aromatic heterocycles. The third kappa shape index (κ3) is 4.23. The summed E-state index contributed by atoms with van der Waals surface area (Å²) in [5.74, 6) is 1.31. The lowest BCUT2D eigenvalue weighted by Gasteiger charge is -2.05. The van der Waals surface area contributed by atoms with E-state index >= 15 is 0 Å². The fourth-order valence-corrected chi connectivity index (χ4v) is 2.66. The van der Waals surface area contributed by atoms with E-state index in [9.17, 15) is 4.79 Å². The van der Waals surface area contributed by atoms with E-state index in [0.29, 0.717) is 30.0 Å². The number of amides is 1. The molecule has 0 unspecified atom stereocenters. The van der Waals surface area contributed by atoms with Crippen LogP contribution >= 0.6 is 11.8 Å². The SMILES string of the molecule is COCCNC(=O)CSc1nnc(-c2cn(C)nc2OC)n1C. The van der Waals surface area contributed by atoms with Gasteiger partial charge in [-0.25, -0.2) is 0 Å². The van der Waals surface area contributed by atoms with Gasteiger partial charge < -0.3 is 19.4 Å². The van der Waals surface area contributed by atoms with Gasteiger partial charge in [0.2, 0.25) is 11.8 Å². The van der Waals surface area contributed by atoms with Crippen molar-refractivity contribution in [3.05, 3.63) is 6.20 Å². The molecule has 9 nitrogen and oxygen atoms in total. The monoisotopic (exact) mass is 340 g/mol. The largest absolute Gasteiger partial charge is 0.479 e. The van der Waals surface area contributed by atoms with Crippen molar-refractivity contribution < 1.29 is 14.3 Å². The van der Waals surface area contributed by atoms with Gasteiger partial charge in [-0.15, -0.1) is 15.3 Å². The van der Waals surface area contributed by atoms with Crippen molar-refractivity contribution in [3.8, 4) is 17.3 Å². The molecule has 2 rings (SSSR count). The summed E-state index contributed by atoms with van der Waals surface area (Å²) in [6, 6.07) is 0. The van der Waals surface area contributed by atoms with Gasteiger partial charge in [0, 0.05) is 33.9 Å². The quantitative estimate of drug-likeness (QED) is 0.537. The minimum atomic E-state index is -0.0736. The highest BCUT2D eigenvalue weighted by atomic mass is 32.2. The minimum absolute atomic E-state index is 0.0736. The van der Waals surface area contributed by atoms with Gasteiger partial charge in [0.05, 0.1) is 19.5 Å². The average molecular weight is 340 g/mol. The second kappa shape index (κ2) is 7.97. The minimum Gasteiger partial charge on any atom is -0.479 e. The van der Waals surface area contributed by atoms with Gasteiger partial charge in [0.15, 0.2) is 11.0 Å². The van der Waals surface area contributed by atoms with Crippen LogP contribution in [0.15, 0.2) is 11.4 Å². The van der Waals surface area contributed by atoms with Crippen LogP contribution in [0.3, 0.4) is 0 Å². The second-order valence-corrected chi connectivity index (χ2v) is 5.66. The molecule has 1 N–H and O–H groups in total.